The van der Waals surface area contributed by atoms with Crippen LogP contribution in [0.25, 0.3) is 0 Å². The van der Waals surface area contributed by atoms with Crippen LogP contribution in [0.4, 0.5) is 4.79 Å². The molecule has 51 heavy (non-hydrogen) atoms. The number of Topliss-reactive ketones (excluding diaryl/α,β-unsaturated/α-hetero) is 1. The third-order valence-corrected chi connectivity index (χ3v) is 13.8. The first kappa shape index (κ1) is 39.1. The quantitative estimate of drug-likeness (QED) is 0.130. The summed E-state index contributed by atoms with van der Waals surface area (Å²) in [5.41, 5.74) is 1.36. The molecule has 1 saturated heterocycles. The van der Waals surface area contributed by atoms with Gasteiger partial charge in [-0.2, -0.15) is 0 Å². The summed E-state index contributed by atoms with van der Waals surface area (Å²) in [5.74, 6) is -0.0249. The molecule has 0 bridgehead atoms. The number of epoxide rings is 1. The number of alkyl carbamates (subject to hydrolysis) is 1. The third kappa shape index (κ3) is 11.2. The number of amides is 3. The van der Waals surface area contributed by atoms with Gasteiger partial charge in [-0.05, 0) is 79.4 Å². The maximum absolute atomic E-state index is 14.0. The van der Waals surface area contributed by atoms with Gasteiger partial charge in [0.05, 0.1) is 19.8 Å². The van der Waals surface area contributed by atoms with E-state index in [1.54, 1.807) is 38.3 Å². The van der Waals surface area contributed by atoms with Crippen LogP contribution in [0.3, 0.4) is 0 Å². The standard InChI is InChI=1S/C39H51N3O8Si/c1-26(40-37(46)48-24-29-12-10-9-11-13-29)35(44)42-33(23-28-14-18-30(47-6)19-15-28)36(45)41-32(34(43)39(5)25-49-39)22-27-16-20-31(21-17-27)50-51(7,8)38(2,3)4/h9-21,26,32-33H,22-25H2,1-8H3,(H,40,46)(H,41,45)(H,42,44)/t26-,32+,33+,39-/m1/s1. The molecular weight excluding hydrogens is 667 g/mol. The van der Waals surface area contributed by atoms with Gasteiger partial charge >= 0.3 is 6.09 Å². The van der Waals surface area contributed by atoms with Crippen molar-refractivity contribution in [2.75, 3.05) is 13.7 Å². The molecule has 4 atom stereocenters. The summed E-state index contributed by atoms with van der Waals surface area (Å²) in [6.07, 6.45) is -0.458. The zero-order valence-corrected chi connectivity index (χ0v) is 31.8. The van der Waals surface area contributed by atoms with E-state index < -0.39 is 50.0 Å². The van der Waals surface area contributed by atoms with Crippen LogP contribution in [-0.4, -0.2) is 69.5 Å². The van der Waals surface area contributed by atoms with Crippen LogP contribution in [0.1, 0.15) is 51.3 Å². The Balaban J connectivity index is 1.48. The lowest BCUT2D eigenvalue weighted by atomic mass is 9.94. The van der Waals surface area contributed by atoms with Crippen molar-refractivity contribution in [3.63, 3.8) is 0 Å². The van der Waals surface area contributed by atoms with Gasteiger partial charge in [-0.3, -0.25) is 14.4 Å². The van der Waals surface area contributed by atoms with E-state index in [0.717, 1.165) is 22.4 Å². The van der Waals surface area contributed by atoms with Crippen LogP contribution in [0.15, 0.2) is 78.9 Å². The van der Waals surface area contributed by atoms with Crippen molar-refractivity contribution in [2.24, 2.45) is 0 Å². The monoisotopic (exact) mass is 717 g/mol. The number of methoxy groups -OCH3 is 1. The maximum atomic E-state index is 14.0. The molecule has 3 aromatic carbocycles. The van der Waals surface area contributed by atoms with E-state index in [0.29, 0.717) is 5.75 Å². The van der Waals surface area contributed by atoms with Gasteiger partial charge in [0.2, 0.25) is 20.1 Å². The van der Waals surface area contributed by atoms with Crippen LogP contribution in [0.2, 0.25) is 18.1 Å². The molecule has 3 amide bonds. The van der Waals surface area contributed by atoms with Crippen molar-refractivity contribution in [3.05, 3.63) is 95.6 Å². The summed E-state index contributed by atoms with van der Waals surface area (Å²) >= 11 is 0. The van der Waals surface area contributed by atoms with E-state index in [9.17, 15) is 19.2 Å². The number of ether oxygens (including phenoxy) is 3. The largest absolute Gasteiger partial charge is 0.544 e. The molecule has 0 aliphatic carbocycles. The normalized spacial score (nSPS) is 17.3. The molecule has 1 aliphatic heterocycles. The van der Waals surface area contributed by atoms with Crippen LogP contribution >= 0.6 is 0 Å². The minimum atomic E-state index is -2.05. The summed E-state index contributed by atoms with van der Waals surface area (Å²) in [6.45, 7) is 14.4. The number of hydrogen-bond acceptors (Lipinski definition) is 8. The van der Waals surface area contributed by atoms with Gasteiger partial charge < -0.3 is 34.6 Å². The Labute approximate surface area is 301 Å². The Morgan fingerprint density at radius 3 is 1.84 bits per heavy atom. The topological polar surface area (TPSA) is 145 Å². The first-order chi connectivity index (χ1) is 24.0. The zero-order valence-electron chi connectivity index (χ0n) is 30.8. The molecule has 274 valence electrons. The molecule has 3 N–H and O–H groups in total. The maximum Gasteiger partial charge on any atom is 0.408 e. The lowest BCUT2D eigenvalue weighted by Gasteiger charge is -2.36. The highest BCUT2D eigenvalue weighted by atomic mass is 28.4. The van der Waals surface area contributed by atoms with Gasteiger partial charge in [0.15, 0.2) is 5.78 Å². The smallest absolute Gasteiger partial charge is 0.408 e. The summed E-state index contributed by atoms with van der Waals surface area (Å²) in [4.78, 5) is 53.5. The molecule has 0 saturated carbocycles. The van der Waals surface area contributed by atoms with Crippen molar-refractivity contribution in [3.8, 4) is 11.5 Å². The Morgan fingerprint density at radius 1 is 0.784 bits per heavy atom. The third-order valence-electron chi connectivity index (χ3n) is 9.45. The molecule has 0 radical (unpaired) electrons. The van der Waals surface area contributed by atoms with Gasteiger partial charge in [0.25, 0.3) is 0 Å². The van der Waals surface area contributed by atoms with E-state index in [1.165, 1.54) is 6.92 Å². The highest BCUT2D eigenvalue weighted by Gasteiger charge is 2.50. The highest BCUT2D eigenvalue weighted by molar-refractivity contribution is 6.74. The SMILES string of the molecule is COc1ccc(C[C@H](NC(=O)[C@@H](C)NC(=O)OCc2ccccc2)C(=O)N[C@@H](Cc2ccc(O[Si](C)(C)C(C)(C)C)cc2)C(=O)[C@@]2(C)CO2)cc1. The molecule has 12 heteroatoms. The average molecular weight is 718 g/mol. The van der Waals surface area contributed by atoms with Crippen LogP contribution in [-0.2, 0) is 43.3 Å². The van der Waals surface area contributed by atoms with Crippen LogP contribution < -0.4 is 25.1 Å². The van der Waals surface area contributed by atoms with Crippen molar-refractivity contribution in [1.82, 2.24) is 16.0 Å². The second-order valence-electron chi connectivity index (χ2n) is 14.7. The number of rotatable bonds is 16. The van der Waals surface area contributed by atoms with Gasteiger partial charge in [-0.25, -0.2) is 4.79 Å². The van der Waals surface area contributed by atoms with E-state index >= 15 is 0 Å². The van der Waals surface area contributed by atoms with E-state index in [2.05, 4.69) is 49.8 Å². The predicted molar refractivity (Wildman–Crippen MR) is 197 cm³/mol. The number of carbonyl (C=O) groups is 4. The minimum Gasteiger partial charge on any atom is -0.544 e. The average Bonchev–Trinajstić information content (AvgIpc) is 3.85. The molecular formula is C39H51N3O8Si. The zero-order chi connectivity index (χ0) is 37.4. The molecule has 1 heterocycles. The number of ketones is 1. The molecule has 0 spiro atoms. The number of carbonyl (C=O) groups excluding carboxylic acids is 4. The molecule has 1 aliphatic rings. The Kier molecular flexibility index (Phi) is 12.7. The molecule has 4 rings (SSSR count). The second-order valence-corrected chi connectivity index (χ2v) is 19.4. The van der Waals surface area contributed by atoms with Crippen LogP contribution in [0.5, 0.6) is 11.5 Å². The van der Waals surface area contributed by atoms with Crippen LogP contribution in [0, 0.1) is 0 Å². The Bertz CT molecular complexity index is 1650. The summed E-state index contributed by atoms with van der Waals surface area (Å²) in [6, 6.07) is 20.8. The Morgan fingerprint density at radius 2 is 1.31 bits per heavy atom. The van der Waals surface area contributed by atoms with E-state index in [4.69, 9.17) is 18.6 Å². The fraction of sp³-hybridized carbons (Fsp3) is 0.436. The summed E-state index contributed by atoms with van der Waals surface area (Å²) in [5, 5.41) is 8.23. The second kappa shape index (κ2) is 16.6. The van der Waals surface area contributed by atoms with Gasteiger partial charge in [0, 0.05) is 6.42 Å². The van der Waals surface area contributed by atoms with Gasteiger partial charge in [0.1, 0.15) is 35.8 Å². The number of hydrogen-bond donors (Lipinski definition) is 3. The predicted octanol–water partition coefficient (Wildman–Crippen LogP) is 5.51. The molecule has 1 fully saturated rings. The molecule has 0 aromatic heterocycles. The minimum absolute atomic E-state index is 0.0322. The van der Waals surface area contributed by atoms with Crippen molar-refractivity contribution in [1.29, 1.82) is 0 Å². The van der Waals surface area contributed by atoms with E-state index in [-0.39, 0.29) is 36.9 Å². The summed E-state index contributed by atoms with van der Waals surface area (Å²) in [7, 11) is -0.494. The fourth-order valence-corrected chi connectivity index (χ4v) is 6.02. The summed E-state index contributed by atoms with van der Waals surface area (Å²) < 4.78 is 22.4. The van der Waals surface area contributed by atoms with Crippen molar-refractivity contribution >= 4 is 32.0 Å². The fourth-order valence-electron chi connectivity index (χ4n) is 4.99. The Hall–Kier alpha value is -4.68. The van der Waals surface area contributed by atoms with Gasteiger partial charge in [-0.1, -0.05) is 75.4 Å². The number of benzene rings is 3. The molecule has 11 nitrogen and oxygen atoms in total. The van der Waals surface area contributed by atoms with Gasteiger partial charge in [-0.15, -0.1) is 0 Å². The lowest BCUT2D eigenvalue weighted by molar-refractivity contribution is -0.133. The lowest BCUT2D eigenvalue weighted by Crippen LogP contribution is -2.57. The molecule has 3 aromatic rings. The highest BCUT2D eigenvalue weighted by Crippen LogP contribution is 2.37. The molecule has 0 unspecified atom stereocenters. The van der Waals surface area contributed by atoms with Crippen molar-refractivity contribution in [2.45, 2.75) is 95.9 Å². The number of nitrogens with one attached hydrogen (secondary N) is 3. The first-order valence-corrected chi connectivity index (χ1v) is 20.1. The van der Waals surface area contributed by atoms with Crippen molar-refractivity contribution < 1.29 is 37.8 Å². The first-order valence-electron chi connectivity index (χ1n) is 17.2. The van der Waals surface area contributed by atoms with E-state index in [1.807, 2.05) is 54.6 Å².